The van der Waals surface area contributed by atoms with Crippen molar-refractivity contribution in [3.63, 3.8) is 0 Å². The van der Waals surface area contributed by atoms with E-state index in [9.17, 15) is 13.2 Å². The van der Waals surface area contributed by atoms with Gasteiger partial charge in [0.15, 0.2) is 0 Å². The van der Waals surface area contributed by atoms with Gasteiger partial charge >= 0.3 is 6.36 Å². The topological polar surface area (TPSA) is 48.2 Å². The fourth-order valence-corrected chi connectivity index (χ4v) is 1.26. The number of halogens is 3. The van der Waals surface area contributed by atoms with E-state index in [1.54, 1.807) is 13.0 Å². The zero-order chi connectivity index (χ0) is 12.5. The SMILES string of the molecule is Cc1nnc(-c2ccccc2OC(F)(F)F)o1. The molecule has 0 atom stereocenters. The van der Waals surface area contributed by atoms with Gasteiger partial charge in [-0.2, -0.15) is 0 Å². The monoisotopic (exact) mass is 244 g/mol. The van der Waals surface area contributed by atoms with Crippen LogP contribution < -0.4 is 4.74 Å². The van der Waals surface area contributed by atoms with Gasteiger partial charge in [0, 0.05) is 6.92 Å². The van der Waals surface area contributed by atoms with Gasteiger partial charge in [-0.25, -0.2) is 0 Å². The average molecular weight is 244 g/mol. The molecule has 1 aromatic carbocycles. The largest absolute Gasteiger partial charge is 0.573 e. The molecule has 90 valence electrons. The van der Waals surface area contributed by atoms with E-state index in [1.807, 2.05) is 0 Å². The smallest absolute Gasteiger partial charge is 0.421 e. The lowest BCUT2D eigenvalue weighted by atomic mass is 10.2. The molecule has 0 fully saturated rings. The summed E-state index contributed by atoms with van der Waals surface area (Å²) in [5.74, 6) is -0.118. The number of benzene rings is 1. The minimum atomic E-state index is -4.76. The number of aryl methyl sites for hydroxylation is 1. The molecule has 17 heavy (non-hydrogen) atoms. The predicted octanol–water partition coefficient (Wildman–Crippen LogP) is 2.94. The summed E-state index contributed by atoms with van der Waals surface area (Å²) in [4.78, 5) is 0. The zero-order valence-corrected chi connectivity index (χ0v) is 8.65. The van der Waals surface area contributed by atoms with Gasteiger partial charge in [0.05, 0.1) is 5.56 Å². The average Bonchev–Trinajstić information content (AvgIpc) is 2.63. The van der Waals surface area contributed by atoms with E-state index >= 15 is 0 Å². The summed E-state index contributed by atoms with van der Waals surface area (Å²) in [6.45, 7) is 1.55. The highest BCUT2D eigenvalue weighted by Crippen LogP contribution is 2.32. The second kappa shape index (κ2) is 4.08. The van der Waals surface area contributed by atoms with E-state index in [2.05, 4.69) is 14.9 Å². The minimum Gasteiger partial charge on any atom is -0.421 e. The van der Waals surface area contributed by atoms with Crippen LogP contribution in [0, 0.1) is 6.92 Å². The molecule has 0 amide bonds. The second-order valence-electron chi connectivity index (χ2n) is 3.17. The molecule has 2 aromatic rings. The fourth-order valence-electron chi connectivity index (χ4n) is 1.26. The van der Waals surface area contributed by atoms with Crippen LogP contribution in [0.25, 0.3) is 11.5 Å². The van der Waals surface area contributed by atoms with Crippen molar-refractivity contribution in [1.29, 1.82) is 0 Å². The number of rotatable bonds is 2. The molecule has 0 aliphatic rings. The molecule has 2 rings (SSSR count). The summed E-state index contributed by atoms with van der Waals surface area (Å²) < 4.78 is 45.4. The Morgan fingerprint density at radius 2 is 1.88 bits per heavy atom. The van der Waals surface area contributed by atoms with Gasteiger partial charge < -0.3 is 9.15 Å². The lowest BCUT2D eigenvalue weighted by Gasteiger charge is -2.10. The molecule has 0 saturated heterocycles. The van der Waals surface area contributed by atoms with Crippen molar-refractivity contribution < 1.29 is 22.3 Å². The molecule has 7 heteroatoms. The van der Waals surface area contributed by atoms with E-state index in [4.69, 9.17) is 4.42 Å². The van der Waals surface area contributed by atoms with Crippen molar-refractivity contribution >= 4 is 0 Å². The Kier molecular flexibility index (Phi) is 2.74. The van der Waals surface area contributed by atoms with Gasteiger partial charge in [-0.15, -0.1) is 23.4 Å². The maximum Gasteiger partial charge on any atom is 0.573 e. The number of alkyl halides is 3. The van der Waals surface area contributed by atoms with Crippen LogP contribution in [0.3, 0.4) is 0 Å². The third-order valence-electron chi connectivity index (χ3n) is 1.87. The molecule has 0 unspecified atom stereocenters. The first-order valence-electron chi connectivity index (χ1n) is 4.61. The predicted molar refractivity (Wildman–Crippen MR) is 51.2 cm³/mol. The Bertz CT molecular complexity index is 522. The Morgan fingerprint density at radius 1 is 1.18 bits per heavy atom. The second-order valence-corrected chi connectivity index (χ2v) is 3.17. The van der Waals surface area contributed by atoms with Crippen molar-refractivity contribution in [2.24, 2.45) is 0 Å². The molecule has 0 spiro atoms. The van der Waals surface area contributed by atoms with Gasteiger partial charge in [-0.1, -0.05) is 12.1 Å². The van der Waals surface area contributed by atoms with Crippen molar-refractivity contribution in [2.75, 3.05) is 0 Å². The Labute approximate surface area is 94.0 Å². The third-order valence-corrected chi connectivity index (χ3v) is 1.87. The quantitative estimate of drug-likeness (QED) is 0.814. The Hall–Kier alpha value is -2.05. The summed E-state index contributed by atoms with van der Waals surface area (Å²) in [6, 6.07) is 5.57. The van der Waals surface area contributed by atoms with Crippen molar-refractivity contribution in [2.45, 2.75) is 13.3 Å². The third kappa shape index (κ3) is 2.74. The molecular weight excluding hydrogens is 237 g/mol. The highest BCUT2D eigenvalue weighted by molar-refractivity contribution is 5.62. The van der Waals surface area contributed by atoms with Crippen LogP contribution in [0.4, 0.5) is 13.2 Å². The fraction of sp³-hybridized carbons (Fsp3) is 0.200. The summed E-state index contributed by atoms with van der Waals surface area (Å²) in [7, 11) is 0. The highest BCUT2D eigenvalue weighted by Gasteiger charge is 2.32. The maximum absolute atomic E-state index is 12.2. The van der Waals surface area contributed by atoms with Crippen LogP contribution in [0.15, 0.2) is 28.7 Å². The lowest BCUT2D eigenvalue weighted by molar-refractivity contribution is -0.274. The summed E-state index contributed by atoms with van der Waals surface area (Å²) in [5, 5.41) is 7.19. The standard InChI is InChI=1S/C10H7F3N2O2/c1-6-14-15-9(16-6)7-4-2-3-5-8(7)17-10(11,12)13/h2-5H,1H3. The van der Waals surface area contributed by atoms with E-state index in [-0.39, 0.29) is 23.1 Å². The van der Waals surface area contributed by atoms with Crippen LogP contribution >= 0.6 is 0 Å². The first-order valence-corrected chi connectivity index (χ1v) is 4.61. The van der Waals surface area contributed by atoms with Gasteiger partial charge in [-0.3, -0.25) is 0 Å². The van der Waals surface area contributed by atoms with E-state index in [1.165, 1.54) is 18.2 Å². The maximum atomic E-state index is 12.2. The molecule has 4 nitrogen and oxygen atoms in total. The van der Waals surface area contributed by atoms with Gasteiger partial charge in [-0.05, 0) is 12.1 Å². The molecule has 0 saturated carbocycles. The summed E-state index contributed by atoms with van der Waals surface area (Å²) >= 11 is 0. The molecule has 0 aliphatic heterocycles. The molecule has 0 aliphatic carbocycles. The van der Waals surface area contributed by atoms with Crippen molar-refractivity contribution in [1.82, 2.24) is 10.2 Å². The first-order chi connectivity index (χ1) is 7.96. The number of hydrogen-bond donors (Lipinski definition) is 0. The number of hydrogen-bond acceptors (Lipinski definition) is 4. The molecule has 0 bridgehead atoms. The van der Waals surface area contributed by atoms with Crippen LogP contribution in [-0.2, 0) is 0 Å². The lowest BCUT2D eigenvalue weighted by Crippen LogP contribution is -2.17. The molecule has 0 N–H and O–H groups in total. The number of ether oxygens (including phenoxy) is 1. The van der Waals surface area contributed by atoms with Gasteiger partial charge in [0.1, 0.15) is 5.75 Å². The Morgan fingerprint density at radius 3 is 2.47 bits per heavy atom. The molecule has 0 radical (unpaired) electrons. The van der Waals surface area contributed by atoms with Crippen LogP contribution in [0.5, 0.6) is 5.75 Å². The number of aromatic nitrogens is 2. The van der Waals surface area contributed by atoms with Crippen LogP contribution in [0.2, 0.25) is 0 Å². The zero-order valence-electron chi connectivity index (χ0n) is 8.65. The van der Waals surface area contributed by atoms with Crippen LogP contribution in [-0.4, -0.2) is 16.6 Å². The highest BCUT2D eigenvalue weighted by atomic mass is 19.4. The first kappa shape index (κ1) is 11.4. The molecule has 1 aromatic heterocycles. The Balaban J connectivity index is 2.41. The van der Waals surface area contributed by atoms with Gasteiger partial charge in [0.25, 0.3) is 5.89 Å². The van der Waals surface area contributed by atoms with Crippen molar-refractivity contribution in [3.8, 4) is 17.2 Å². The van der Waals surface area contributed by atoms with E-state index in [0.717, 1.165) is 0 Å². The normalized spacial score (nSPS) is 11.5. The van der Waals surface area contributed by atoms with E-state index < -0.39 is 6.36 Å². The summed E-state index contributed by atoms with van der Waals surface area (Å²) in [5.41, 5.74) is 0.102. The van der Waals surface area contributed by atoms with Crippen LogP contribution in [0.1, 0.15) is 5.89 Å². The molecule has 1 heterocycles. The van der Waals surface area contributed by atoms with Gasteiger partial charge in [0.2, 0.25) is 5.89 Å². The minimum absolute atomic E-state index is 0.0117. The summed E-state index contributed by atoms with van der Waals surface area (Å²) in [6.07, 6.45) is -4.76. The number of nitrogens with zero attached hydrogens (tertiary/aromatic N) is 2. The van der Waals surface area contributed by atoms with Crippen molar-refractivity contribution in [3.05, 3.63) is 30.2 Å². The number of para-hydroxylation sites is 1. The molecular formula is C10H7F3N2O2. The van der Waals surface area contributed by atoms with E-state index in [0.29, 0.717) is 0 Å².